The van der Waals surface area contributed by atoms with Gasteiger partial charge in [0.2, 0.25) is 0 Å². The molecule has 0 unspecified atom stereocenters. The van der Waals surface area contributed by atoms with Crippen molar-refractivity contribution in [1.29, 1.82) is 0 Å². The van der Waals surface area contributed by atoms with Gasteiger partial charge in [-0.15, -0.1) is 0 Å². The molecule has 0 amide bonds. The van der Waals surface area contributed by atoms with Gasteiger partial charge in [-0.05, 0) is 48.6 Å². The number of nitrogens with zero attached hydrogens (tertiary/aromatic N) is 1. The molecule has 0 aliphatic carbocycles. The molecule has 0 N–H and O–H groups in total. The number of hydrogen-bond acceptors (Lipinski definition) is 5. The molecule has 1 aromatic heterocycles. The molecule has 4 aromatic rings. The van der Waals surface area contributed by atoms with E-state index in [2.05, 4.69) is 0 Å². The lowest BCUT2D eigenvalue weighted by Gasteiger charge is -2.20. The molecule has 3 aromatic carbocycles. The van der Waals surface area contributed by atoms with Crippen molar-refractivity contribution in [2.45, 2.75) is 13.8 Å². The molecule has 1 heterocycles. The van der Waals surface area contributed by atoms with E-state index in [0.29, 0.717) is 27.9 Å². The summed E-state index contributed by atoms with van der Waals surface area (Å²) in [4.78, 5) is 39.8. The first-order valence-corrected chi connectivity index (χ1v) is 10.4. The maximum Gasteiger partial charge on any atom is 0.338 e. The van der Waals surface area contributed by atoms with Crippen molar-refractivity contribution in [1.82, 2.24) is 4.57 Å². The normalized spacial score (nSPS) is 10.8. The highest BCUT2D eigenvalue weighted by atomic mass is 16.5. The molecule has 0 saturated carbocycles. The number of pyridine rings is 1. The summed E-state index contributed by atoms with van der Waals surface area (Å²) in [5.74, 6) is -1.29. The van der Waals surface area contributed by atoms with Crippen molar-refractivity contribution in [2.24, 2.45) is 0 Å². The van der Waals surface area contributed by atoms with E-state index in [4.69, 9.17) is 9.47 Å². The highest BCUT2D eigenvalue weighted by Crippen LogP contribution is 2.37. The molecular formula is C27H23NO5. The predicted octanol–water partition coefficient (Wildman–Crippen LogP) is 4.85. The number of aromatic nitrogens is 1. The van der Waals surface area contributed by atoms with Crippen LogP contribution in [0.1, 0.15) is 32.0 Å². The second-order valence-corrected chi connectivity index (χ2v) is 7.65. The molecule has 6 nitrogen and oxygen atoms in total. The number of carbonyl (C=O) groups is 2. The summed E-state index contributed by atoms with van der Waals surface area (Å²) >= 11 is 0. The van der Waals surface area contributed by atoms with Gasteiger partial charge in [-0.25, -0.2) is 9.59 Å². The van der Waals surface area contributed by atoms with E-state index in [0.717, 1.165) is 5.56 Å². The van der Waals surface area contributed by atoms with E-state index in [1.54, 1.807) is 11.5 Å². The Labute approximate surface area is 191 Å². The molecule has 166 valence electrons. The van der Waals surface area contributed by atoms with E-state index < -0.39 is 11.9 Å². The molecule has 0 spiro atoms. The number of rotatable bonds is 4. The van der Waals surface area contributed by atoms with E-state index >= 15 is 0 Å². The zero-order chi connectivity index (χ0) is 23.7. The topological polar surface area (TPSA) is 74.6 Å². The predicted molar refractivity (Wildman–Crippen MR) is 127 cm³/mol. The number of esters is 2. The fourth-order valence-electron chi connectivity index (χ4n) is 4.32. The van der Waals surface area contributed by atoms with Gasteiger partial charge in [0.15, 0.2) is 0 Å². The minimum absolute atomic E-state index is 0.0577. The Kier molecular flexibility index (Phi) is 5.84. The largest absolute Gasteiger partial charge is 0.465 e. The van der Waals surface area contributed by atoms with Crippen molar-refractivity contribution >= 4 is 22.7 Å². The molecule has 0 saturated heterocycles. The van der Waals surface area contributed by atoms with Crippen LogP contribution < -0.4 is 5.56 Å². The third-order valence-electron chi connectivity index (χ3n) is 5.77. The number of ether oxygens (including phenoxy) is 2. The smallest absolute Gasteiger partial charge is 0.338 e. The molecule has 0 aliphatic heterocycles. The lowest BCUT2D eigenvalue weighted by atomic mass is 9.86. The zero-order valence-electron chi connectivity index (χ0n) is 18.8. The Bertz CT molecular complexity index is 1440. The van der Waals surface area contributed by atoms with Crippen LogP contribution in [-0.4, -0.2) is 30.7 Å². The van der Waals surface area contributed by atoms with Crippen LogP contribution in [0.4, 0.5) is 0 Å². The number of benzene rings is 3. The Hall–Kier alpha value is -4.19. The van der Waals surface area contributed by atoms with Gasteiger partial charge < -0.3 is 9.47 Å². The van der Waals surface area contributed by atoms with Gasteiger partial charge in [-0.1, -0.05) is 48.5 Å². The van der Waals surface area contributed by atoms with Gasteiger partial charge in [0.25, 0.3) is 5.56 Å². The summed E-state index contributed by atoms with van der Waals surface area (Å²) < 4.78 is 11.7. The molecule has 6 heteroatoms. The summed E-state index contributed by atoms with van der Waals surface area (Å²) in [6.45, 7) is 3.45. The van der Waals surface area contributed by atoms with E-state index in [-0.39, 0.29) is 22.1 Å². The van der Waals surface area contributed by atoms with Crippen molar-refractivity contribution in [3.05, 3.63) is 99.5 Å². The van der Waals surface area contributed by atoms with Crippen LogP contribution in [0.25, 0.3) is 27.6 Å². The van der Waals surface area contributed by atoms with Gasteiger partial charge >= 0.3 is 11.9 Å². The first-order valence-electron chi connectivity index (χ1n) is 10.4. The van der Waals surface area contributed by atoms with Crippen LogP contribution in [0, 0.1) is 13.8 Å². The monoisotopic (exact) mass is 441 g/mol. The molecule has 4 rings (SSSR count). The molecule has 33 heavy (non-hydrogen) atoms. The average Bonchev–Trinajstić information content (AvgIpc) is 2.84. The minimum atomic E-state index is -0.692. The number of hydrogen-bond donors (Lipinski definition) is 0. The molecular weight excluding hydrogens is 418 g/mol. The Morgan fingerprint density at radius 1 is 0.788 bits per heavy atom. The van der Waals surface area contributed by atoms with Crippen LogP contribution >= 0.6 is 0 Å². The van der Waals surface area contributed by atoms with Crippen molar-refractivity contribution in [3.63, 3.8) is 0 Å². The number of aryl methyl sites for hydroxylation is 1. The molecule has 0 aliphatic rings. The first-order chi connectivity index (χ1) is 15.9. The van der Waals surface area contributed by atoms with E-state index in [1.165, 1.54) is 14.2 Å². The van der Waals surface area contributed by atoms with Gasteiger partial charge in [0.1, 0.15) is 0 Å². The third-order valence-corrected chi connectivity index (χ3v) is 5.77. The Morgan fingerprint density at radius 3 is 1.91 bits per heavy atom. The Morgan fingerprint density at radius 2 is 1.33 bits per heavy atom. The summed E-state index contributed by atoms with van der Waals surface area (Å²) in [5.41, 5.74) is 2.87. The lowest BCUT2D eigenvalue weighted by molar-refractivity contribution is 0.0599. The highest BCUT2D eigenvalue weighted by molar-refractivity contribution is 6.16. The van der Waals surface area contributed by atoms with Gasteiger partial charge in [0, 0.05) is 16.9 Å². The summed E-state index contributed by atoms with van der Waals surface area (Å²) in [7, 11) is 2.54. The molecule has 0 radical (unpaired) electrons. The second-order valence-electron chi connectivity index (χ2n) is 7.65. The first kappa shape index (κ1) is 22.0. The van der Waals surface area contributed by atoms with Gasteiger partial charge in [-0.2, -0.15) is 0 Å². The van der Waals surface area contributed by atoms with E-state index in [1.807, 2.05) is 73.7 Å². The van der Waals surface area contributed by atoms with Crippen LogP contribution in [0.2, 0.25) is 0 Å². The van der Waals surface area contributed by atoms with Crippen LogP contribution in [0.3, 0.4) is 0 Å². The van der Waals surface area contributed by atoms with Crippen molar-refractivity contribution < 1.29 is 19.1 Å². The SMILES string of the molecule is COC(=O)c1c(C)c(C(=O)OC)c2c(=O)n(-c3ccccc3)c(C)cc2c1-c1ccccc1. The quantitative estimate of drug-likeness (QED) is 0.423. The lowest BCUT2D eigenvalue weighted by Crippen LogP contribution is -2.25. The van der Waals surface area contributed by atoms with E-state index in [9.17, 15) is 14.4 Å². The molecule has 0 fully saturated rings. The summed E-state index contributed by atoms with van der Waals surface area (Å²) in [6, 6.07) is 20.3. The number of methoxy groups -OCH3 is 2. The summed E-state index contributed by atoms with van der Waals surface area (Å²) in [5, 5.41) is 0.683. The van der Waals surface area contributed by atoms with Gasteiger partial charge in [-0.3, -0.25) is 9.36 Å². The highest BCUT2D eigenvalue weighted by Gasteiger charge is 2.29. The Balaban J connectivity index is 2.29. The molecule has 0 bridgehead atoms. The van der Waals surface area contributed by atoms with Crippen LogP contribution in [-0.2, 0) is 9.47 Å². The van der Waals surface area contributed by atoms with Crippen molar-refractivity contribution in [2.75, 3.05) is 14.2 Å². The fraction of sp³-hybridized carbons (Fsp3) is 0.148. The molecule has 0 atom stereocenters. The minimum Gasteiger partial charge on any atom is -0.465 e. The second kappa shape index (κ2) is 8.74. The van der Waals surface area contributed by atoms with Crippen LogP contribution in [0.15, 0.2) is 71.5 Å². The summed E-state index contributed by atoms with van der Waals surface area (Å²) in [6.07, 6.45) is 0. The average molecular weight is 441 g/mol. The van der Waals surface area contributed by atoms with Gasteiger partial charge in [0.05, 0.1) is 30.7 Å². The zero-order valence-corrected chi connectivity index (χ0v) is 18.8. The number of para-hydroxylation sites is 1. The number of fused-ring (bicyclic) bond motifs is 1. The standard InChI is InChI=1S/C27H23NO5/c1-16-15-20-23(18-11-7-5-8-12-18)21(26(30)32-3)17(2)22(27(31)33-4)24(20)25(29)28(16)19-13-9-6-10-14-19/h5-15H,1-4H3. The number of carbonyl (C=O) groups excluding carboxylic acids is 2. The maximum atomic E-state index is 13.9. The van der Waals surface area contributed by atoms with Crippen molar-refractivity contribution in [3.8, 4) is 16.8 Å². The third kappa shape index (κ3) is 3.59. The van der Waals surface area contributed by atoms with Crippen LogP contribution in [0.5, 0.6) is 0 Å². The fourth-order valence-corrected chi connectivity index (χ4v) is 4.32. The maximum absolute atomic E-state index is 13.9.